The Kier molecular flexibility index (Phi) is 21.0. The zero-order chi connectivity index (χ0) is 25.6. The van der Waals surface area contributed by atoms with Crippen LogP contribution in [-0.2, 0) is 9.53 Å². The molecule has 0 spiro atoms. The summed E-state index contributed by atoms with van der Waals surface area (Å²) in [5.41, 5.74) is 0. The van der Waals surface area contributed by atoms with Gasteiger partial charge in [0, 0.05) is 12.5 Å². The summed E-state index contributed by atoms with van der Waals surface area (Å²) < 4.78 is 4.69. The number of ether oxygens (including phenoxy) is 1. The van der Waals surface area contributed by atoms with Crippen LogP contribution in [0.2, 0.25) is 0 Å². The number of carbonyl (C=O) groups excluding carboxylic acids is 1. The first-order valence-electron chi connectivity index (χ1n) is 15.8. The Labute approximate surface area is 220 Å². The molecule has 0 heterocycles. The molecule has 0 aromatic carbocycles. The van der Waals surface area contributed by atoms with E-state index in [1.54, 1.807) is 0 Å². The first-order chi connectivity index (χ1) is 17.1. The molecule has 0 saturated heterocycles. The van der Waals surface area contributed by atoms with Crippen LogP contribution in [0.1, 0.15) is 161 Å². The fraction of sp³-hybridized carbons (Fsp3) is 0.969. The number of unbranched alkanes of at least 4 members (excludes halogenated alkanes) is 15. The zero-order valence-electron chi connectivity index (χ0n) is 24.5. The van der Waals surface area contributed by atoms with Gasteiger partial charge in [-0.15, -0.1) is 0 Å². The molecule has 1 saturated carbocycles. The van der Waals surface area contributed by atoms with Gasteiger partial charge >= 0.3 is 5.97 Å². The molecule has 1 fully saturated rings. The largest absolute Gasteiger partial charge is 0.469 e. The van der Waals surface area contributed by atoms with Crippen LogP contribution in [0, 0.1) is 11.8 Å². The maximum absolute atomic E-state index is 11.1. The quantitative estimate of drug-likeness (QED) is 0.0887. The number of hydrogen-bond acceptors (Lipinski definition) is 3. The highest BCUT2D eigenvalue weighted by Gasteiger charge is 2.35. The lowest BCUT2D eigenvalue weighted by Crippen LogP contribution is -2.27. The van der Waals surface area contributed by atoms with Crippen molar-refractivity contribution in [3.63, 3.8) is 0 Å². The van der Waals surface area contributed by atoms with Crippen molar-refractivity contribution < 1.29 is 9.53 Å². The Morgan fingerprint density at radius 2 is 1.11 bits per heavy atom. The highest BCUT2D eigenvalue weighted by molar-refractivity contribution is 5.68. The lowest BCUT2D eigenvalue weighted by molar-refractivity contribution is -0.140. The summed E-state index contributed by atoms with van der Waals surface area (Å²) in [6.45, 7) is 2.30. The number of methoxy groups -OCH3 is 1. The van der Waals surface area contributed by atoms with Crippen molar-refractivity contribution in [3.8, 4) is 0 Å². The number of nitrogens with zero attached hydrogens (tertiary/aromatic N) is 1. The SMILES string of the molecule is CCCCCCCCCC(CCCCCCC1CC1CCCCCCCCCC(=O)OC)N(C)C. The van der Waals surface area contributed by atoms with Crippen LogP contribution in [-0.4, -0.2) is 38.1 Å². The minimum Gasteiger partial charge on any atom is -0.469 e. The van der Waals surface area contributed by atoms with Crippen LogP contribution < -0.4 is 0 Å². The van der Waals surface area contributed by atoms with E-state index in [-0.39, 0.29) is 5.97 Å². The highest BCUT2D eigenvalue weighted by atomic mass is 16.5. The smallest absolute Gasteiger partial charge is 0.305 e. The topological polar surface area (TPSA) is 29.5 Å². The molecule has 208 valence electrons. The van der Waals surface area contributed by atoms with E-state index >= 15 is 0 Å². The molecule has 3 nitrogen and oxygen atoms in total. The summed E-state index contributed by atoms with van der Waals surface area (Å²) in [6, 6.07) is 0.804. The molecule has 1 aliphatic carbocycles. The molecule has 0 aromatic heterocycles. The van der Waals surface area contributed by atoms with Crippen molar-refractivity contribution >= 4 is 5.97 Å². The lowest BCUT2D eigenvalue weighted by atomic mass is 9.99. The summed E-state index contributed by atoms with van der Waals surface area (Å²) >= 11 is 0. The van der Waals surface area contributed by atoms with Gasteiger partial charge < -0.3 is 9.64 Å². The van der Waals surface area contributed by atoms with Crippen LogP contribution in [0.15, 0.2) is 0 Å². The minimum absolute atomic E-state index is 0.0592. The summed E-state index contributed by atoms with van der Waals surface area (Å²) in [4.78, 5) is 13.6. The third-order valence-corrected chi connectivity index (χ3v) is 8.49. The van der Waals surface area contributed by atoms with E-state index in [1.807, 2.05) is 0 Å². The molecule has 1 rings (SSSR count). The maximum Gasteiger partial charge on any atom is 0.305 e. The van der Waals surface area contributed by atoms with Gasteiger partial charge in [0.05, 0.1) is 7.11 Å². The molecule has 0 aliphatic heterocycles. The maximum atomic E-state index is 11.1. The van der Waals surface area contributed by atoms with E-state index in [0.717, 1.165) is 24.3 Å². The zero-order valence-corrected chi connectivity index (χ0v) is 24.5. The van der Waals surface area contributed by atoms with Crippen molar-refractivity contribution in [1.29, 1.82) is 0 Å². The Morgan fingerprint density at radius 1 is 0.686 bits per heavy atom. The van der Waals surface area contributed by atoms with Gasteiger partial charge in [-0.3, -0.25) is 4.79 Å². The van der Waals surface area contributed by atoms with Crippen molar-refractivity contribution in [2.24, 2.45) is 11.8 Å². The molecule has 0 aromatic rings. The summed E-state index contributed by atoms with van der Waals surface area (Å²) in [7, 11) is 6.05. The summed E-state index contributed by atoms with van der Waals surface area (Å²) in [5.74, 6) is 2.08. The van der Waals surface area contributed by atoms with Crippen molar-refractivity contribution in [2.45, 2.75) is 167 Å². The summed E-state index contributed by atoms with van der Waals surface area (Å²) in [6.07, 6.45) is 32.7. The Morgan fingerprint density at radius 3 is 1.57 bits per heavy atom. The van der Waals surface area contributed by atoms with Crippen LogP contribution in [0.4, 0.5) is 0 Å². The molecule has 3 atom stereocenters. The number of esters is 1. The second-order valence-electron chi connectivity index (χ2n) is 11.9. The molecule has 0 radical (unpaired) electrons. The van der Waals surface area contributed by atoms with Crippen LogP contribution in [0.3, 0.4) is 0 Å². The van der Waals surface area contributed by atoms with Gasteiger partial charge in [0.25, 0.3) is 0 Å². The van der Waals surface area contributed by atoms with Crippen LogP contribution >= 0.6 is 0 Å². The van der Waals surface area contributed by atoms with Gasteiger partial charge in [0.1, 0.15) is 0 Å². The van der Waals surface area contributed by atoms with Gasteiger partial charge in [0.2, 0.25) is 0 Å². The van der Waals surface area contributed by atoms with Crippen molar-refractivity contribution in [3.05, 3.63) is 0 Å². The summed E-state index contributed by atoms with van der Waals surface area (Å²) in [5, 5.41) is 0. The minimum atomic E-state index is -0.0592. The first-order valence-corrected chi connectivity index (χ1v) is 15.8. The second kappa shape index (κ2) is 22.6. The number of hydrogen-bond donors (Lipinski definition) is 0. The van der Waals surface area contributed by atoms with Gasteiger partial charge in [0.15, 0.2) is 0 Å². The van der Waals surface area contributed by atoms with E-state index in [1.165, 1.54) is 148 Å². The van der Waals surface area contributed by atoms with E-state index in [4.69, 9.17) is 0 Å². The van der Waals surface area contributed by atoms with Gasteiger partial charge in [-0.1, -0.05) is 129 Å². The van der Waals surface area contributed by atoms with Gasteiger partial charge in [-0.05, 0) is 51.6 Å². The Hall–Kier alpha value is -0.570. The molecule has 0 N–H and O–H groups in total. The molecule has 1 aliphatic rings. The number of rotatable bonds is 26. The molecule has 3 heteroatoms. The van der Waals surface area contributed by atoms with E-state index in [2.05, 4.69) is 30.7 Å². The second-order valence-corrected chi connectivity index (χ2v) is 11.9. The first kappa shape index (κ1) is 32.5. The van der Waals surface area contributed by atoms with Gasteiger partial charge in [-0.2, -0.15) is 0 Å². The van der Waals surface area contributed by atoms with Crippen molar-refractivity contribution in [1.82, 2.24) is 4.90 Å². The molecule has 3 unspecified atom stereocenters. The van der Waals surface area contributed by atoms with Crippen molar-refractivity contribution in [2.75, 3.05) is 21.2 Å². The van der Waals surface area contributed by atoms with Gasteiger partial charge in [-0.25, -0.2) is 0 Å². The average molecular weight is 494 g/mol. The monoisotopic (exact) mass is 493 g/mol. The molecule has 0 amide bonds. The molecular formula is C32H63NO2. The molecular weight excluding hydrogens is 430 g/mol. The molecule has 35 heavy (non-hydrogen) atoms. The van der Waals surface area contributed by atoms with E-state index in [9.17, 15) is 4.79 Å². The average Bonchev–Trinajstić information content (AvgIpc) is 3.60. The third-order valence-electron chi connectivity index (χ3n) is 8.49. The fourth-order valence-corrected chi connectivity index (χ4v) is 5.82. The molecule has 0 bridgehead atoms. The standard InChI is InChI=1S/C32H63NO2/c1-5-6-7-8-10-14-20-25-31(33(2)3)26-21-17-16-19-24-30-28-29(30)23-18-13-11-9-12-15-22-27-32(34)35-4/h29-31H,5-28H2,1-4H3. The lowest BCUT2D eigenvalue weighted by Gasteiger charge is -2.24. The Bertz CT molecular complexity index is 478. The predicted octanol–water partition coefficient (Wildman–Crippen LogP) is 9.72. The van der Waals surface area contributed by atoms with E-state index < -0.39 is 0 Å². The normalized spacial score (nSPS) is 18.2. The Balaban J connectivity index is 1.86. The highest BCUT2D eigenvalue weighted by Crippen LogP contribution is 2.45. The number of carbonyl (C=O) groups is 1. The van der Waals surface area contributed by atoms with E-state index in [0.29, 0.717) is 6.42 Å². The fourth-order valence-electron chi connectivity index (χ4n) is 5.82. The third kappa shape index (κ3) is 19.2. The van der Waals surface area contributed by atoms with Crippen LogP contribution in [0.25, 0.3) is 0 Å². The van der Waals surface area contributed by atoms with Crippen LogP contribution in [0.5, 0.6) is 0 Å². The predicted molar refractivity (Wildman–Crippen MR) is 153 cm³/mol.